The number of carbonyl (C=O) groups excluding carboxylic acids is 1. The van der Waals surface area contributed by atoms with E-state index < -0.39 is 5.41 Å². The number of carbonyl (C=O) groups is 1. The monoisotopic (exact) mass is 426 g/mol. The van der Waals surface area contributed by atoms with Crippen LogP contribution < -0.4 is 4.74 Å². The lowest BCUT2D eigenvalue weighted by Crippen LogP contribution is -2.31. The van der Waals surface area contributed by atoms with E-state index in [1.807, 2.05) is 36.4 Å². The van der Waals surface area contributed by atoms with Crippen LogP contribution in [-0.2, 0) is 22.6 Å². The highest BCUT2D eigenvalue weighted by molar-refractivity contribution is 5.81. The van der Waals surface area contributed by atoms with Gasteiger partial charge in [-0.25, -0.2) is 0 Å². The van der Waals surface area contributed by atoms with Crippen LogP contribution in [0.5, 0.6) is 11.5 Å². The molecule has 2 fully saturated rings. The number of ether oxygens (including phenoxy) is 2. The van der Waals surface area contributed by atoms with Gasteiger partial charge < -0.3 is 14.6 Å². The van der Waals surface area contributed by atoms with Crippen molar-refractivity contribution < 1.29 is 19.4 Å². The van der Waals surface area contributed by atoms with E-state index in [0.29, 0.717) is 31.8 Å². The maximum Gasteiger partial charge on any atom is 0.313 e. The summed E-state index contributed by atoms with van der Waals surface area (Å²) in [7, 11) is 0. The molecule has 0 amide bonds. The van der Waals surface area contributed by atoms with Crippen molar-refractivity contribution in [2.45, 2.75) is 25.9 Å². The van der Waals surface area contributed by atoms with Crippen molar-refractivity contribution in [3.8, 4) is 22.6 Å². The summed E-state index contributed by atoms with van der Waals surface area (Å²) in [6, 6.07) is 23.8. The Bertz CT molecular complexity index is 1150. The summed E-state index contributed by atoms with van der Waals surface area (Å²) in [6.45, 7) is 4.92. The van der Waals surface area contributed by atoms with Gasteiger partial charge in [0.1, 0.15) is 6.61 Å². The number of esters is 1. The first-order chi connectivity index (χ1) is 15.5. The van der Waals surface area contributed by atoms with Gasteiger partial charge in [0, 0.05) is 5.92 Å². The van der Waals surface area contributed by atoms with Crippen molar-refractivity contribution in [3.63, 3.8) is 0 Å². The van der Waals surface area contributed by atoms with Crippen LogP contribution in [0.4, 0.5) is 0 Å². The number of phenols is 1. The topological polar surface area (TPSA) is 55.8 Å². The zero-order valence-corrected chi connectivity index (χ0v) is 17.9. The van der Waals surface area contributed by atoms with Crippen molar-refractivity contribution in [1.82, 2.24) is 0 Å². The molecule has 1 heterocycles. The zero-order valence-electron chi connectivity index (χ0n) is 17.9. The summed E-state index contributed by atoms with van der Waals surface area (Å²) in [5.41, 5.74) is 4.82. The van der Waals surface area contributed by atoms with Crippen molar-refractivity contribution in [3.05, 3.63) is 96.1 Å². The molecule has 1 aliphatic carbocycles. The molecule has 32 heavy (non-hydrogen) atoms. The summed E-state index contributed by atoms with van der Waals surface area (Å²) in [5, 5.41) is 10.5. The van der Waals surface area contributed by atoms with E-state index in [2.05, 4.69) is 30.8 Å². The Balaban J connectivity index is 1.25. The third-order valence-corrected chi connectivity index (χ3v) is 6.70. The minimum atomic E-state index is -0.535. The summed E-state index contributed by atoms with van der Waals surface area (Å²) in [6.07, 6.45) is 2.04. The molecule has 1 N–H and O–H groups in total. The van der Waals surface area contributed by atoms with Gasteiger partial charge in [-0.15, -0.1) is 0 Å². The molecule has 162 valence electrons. The number of cyclic esters (lactones) is 1. The molecular weight excluding hydrogens is 400 g/mol. The lowest BCUT2D eigenvalue weighted by Gasteiger charge is -2.24. The van der Waals surface area contributed by atoms with Crippen molar-refractivity contribution in [2.24, 2.45) is 11.3 Å². The summed E-state index contributed by atoms with van der Waals surface area (Å²) < 4.78 is 11.2. The van der Waals surface area contributed by atoms with E-state index in [1.54, 1.807) is 12.1 Å². The number of rotatable bonds is 6. The maximum atomic E-state index is 12.5. The van der Waals surface area contributed by atoms with Gasteiger partial charge in [0.25, 0.3) is 0 Å². The molecule has 1 aliphatic heterocycles. The summed E-state index contributed by atoms with van der Waals surface area (Å²) >= 11 is 0. The van der Waals surface area contributed by atoms with Gasteiger partial charge in [-0.1, -0.05) is 72.8 Å². The van der Waals surface area contributed by atoms with E-state index >= 15 is 0 Å². The van der Waals surface area contributed by atoms with Gasteiger partial charge in [-0.3, -0.25) is 4.79 Å². The fraction of sp³-hybridized carbons (Fsp3) is 0.250. The molecule has 0 spiro atoms. The molecule has 4 nitrogen and oxygen atoms in total. The fourth-order valence-corrected chi connectivity index (χ4v) is 5.01. The van der Waals surface area contributed by atoms with Crippen LogP contribution in [0.2, 0.25) is 0 Å². The maximum absolute atomic E-state index is 12.5. The Morgan fingerprint density at radius 1 is 1.00 bits per heavy atom. The minimum Gasteiger partial charge on any atom is -0.504 e. The summed E-state index contributed by atoms with van der Waals surface area (Å²) in [5.74, 6) is 0.554. The molecule has 5 rings (SSSR count). The Morgan fingerprint density at radius 3 is 2.47 bits per heavy atom. The number of phenolic OH excluding ortho intramolecular Hbond substituents is 1. The van der Waals surface area contributed by atoms with E-state index in [4.69, 9.17) is 9.47 Å². The lowest BCUT2D eigenvalue weighted by atomic mass is 9.75. The number of hydrogen-bond donors (Lipinski definition) is 1. The Morgan fingerprint density at radius 2 is 1.72 bits per heavy atom. The van der Waals surface area contributed by atoms with Crippen LogP contribution in [0.1, 0.15) is 24.0 Å². The molecule has 2 aliphatic rings. The van der Waals surface area contributed by atoms with Gasteiger partial charge in [-0.2, -0.15) is 0 Å². The molecule has 4 heteroatoms. The van der Waals surface area contributed by atoms with Crippen LogP contribution >= 0.6 is 0 Å². The Hall–Kier alpha value is -3.53. The standard InChI is InChI=1S/C28H26O4/c1-19-13-24-18-32-27(30)28(24,15-19)16-21-9-12-26(25(29)14-21)31-17-20-7-10-23(11-8-20)22-5-3-2-4-6-22/h2-12,14,24,29H,1,13,15-18H2. The van der Waals surface area contributed by atoms with Crippen LogP contribution in [0, 0.1) is 11.3 Å². The minimum absolute atomic E-state index is 0.0829. The van der Waals surface area contributed by atoms with Crippen LogP contribution in [-0.4, -0.2) is 17.7 Å². The number of fused-ring (bicyclic) bond motifs is 1. The van der Waals surface area contributed by atoms with Gasteiger partial charge in [-0.05, 0) is 53.6 Å². The van der Waals surface area contributed by atoms with Gasteiger partial charge in [0.2, 0.25) is 0 Å². The highest BCUT2D eigenvalue weighted by Crippen LogP contribution is 2.52. The molecule has 2 atom stereocenters. The number of hydrogen-bond acceptors (Lipinski definition) is 4. The molecular formula is C28H26O4. The van der Waals surface area contributed by atoms with E-state index in [0.717, 1.165) is 28.7 Å². The van der Waals surface area contributed by atoms with E-state index in [1.165, 1.54) is 5.56 Å². The second kappa shape index (κ2) is 8.19. The van der Waals surface area contributed by atoms with Gasteiger partial charge in [0.15, 0.2) is 11.5 Å². The zero-order chi connectivity index (χ0) is 22.1. The van der Waals surface area contributed by atoms with Crippen LogP contribution in [0.15, 0.2) is 84.9 Å². The normalized spacial score (nSPS) is 21.9. The largest absolute Gasteiger partial charge is 0.504 e. The van der Waals surface area contributed by atoms with Crippen molar-refractivity contribution >= 4 is 5.97 Å². The Labute approximate surface area is 188 Å². The summed E-state index contributed by atoms with van der Waals surface area (Å²) in [4.78, 5) is 12.5. The quantitative estimate of drug-likeness (QED) is 0.406. The molecule has 2 unspecified atom stereocenters. The number of allylic oxidation sites excluding steroid dienone is 1. The predicted molar refractivity (Wildman–Crippen MR) is 123 cm³/mol. The first-order valence-corrected chi connectivity index (χ1v) is 11.0. The first kappa shape index (κ1) is 20.4. The fourth-order valence-electron chi connectivity index (χ4n) is 5.01. The van der Waals surface area contributed by atoms with Crippen molar-refractivity contribution in [1.29, 1.82) is 0 Å². The van der Waals surface area contributed by atoms with E-state index in [-0.39, 0.29) is 17.6 Å². The van der Waals surface area contributed by atoms with E-state index in [9.17, 15) is 9.90 Å². The number of aromatic hydroxyl groups is 1. The van der Waals surface area contributed by atoms with Crippen LogP contribution in [0.3, 0.4) is 0 Å². The smallest absolute Gasteiger partial charge is 0.313 e. The second-order valence-corrected chi connectivity index (χ2v) is 8.91. The lowest BCUT2D eigenvalue weighted by molar-refractivity contribution is -0.146. The average Bonchev–Trinajstić information content (AvgIpc) is 3.27. The average molecular weight is 427 g/mol. The highest BCUT2D eigenvalue weighted by Gasteiger charge is 2.55. The van der Waals surface area contributed by atoms with Crippen LogP contribution in [0.25, 0.3) is 11.1 Å². The number of benzene rings is 3. The highest BCUT2D eigenvalue weighted by atomic mass is 16.5. The molecule has 0 radical (unpaired) electrons. The molecule has 0 aromatic heterocycles. The first-order valence-electron chi connectivity index (χ1n) is 11.0. The third-order valence-electron chi connectivity index (χ3n) is 6.70. The van der Waals surface area contributed by atoms with Gasteiger partial charge >= 0.3 is 5.97 Å². The molecule has 1 saturated heterocycles. The third kappa shape index (κ3) is 3.77. The van der Waals surface area contributed by atoms with Gasteiger partial charge in [0.05, 0.1) is 12.0 Å². The molecule has 0 bridgehead atoms. The molecule has 1 saturated carbocycles. The predicted octanol–water partition coefficient (Wildman–Crippen LogP) is 5.69. The second-order valence-electron chi connectivity index (χ2n) is 8.91. The van der Waals surface area contributed by atoms with Crippen molar-refractivity contribution in [2.75, 3.05) is 6.61 Å². The molecule has 3 aromatic rings. The SMILES string of the molecule is C=C1CC2COC(=O)C2(Cc2ccc(OCc3ccc(-c4ccccc4)cc3)c(O)c2)C1. The molecule has 3 aromatic carbocycles. The Kier molecular flexibility index (Phi) is 5.22.